The molecule has 0 saturated heterocycles. The molecule has 2 aromatic rings. The standard InChI is InChI=1S/C14H11NO9S/c1-23-8-2-4-9(5-3-8)24-12-7-13(25(20,21)22)11(15(18)19)6-10(12)14(16)17/h2-7H,1H3,(H,16,17)(H,20,21,22). The van der Waals surface area contributed by atoms with Gasteiger partial charge in [0, 0.05) is 12.1 Å². The molecule has 11 heteroatoms. The van der Waals surface area contributed by atoms with Crippen LogP contribution in [0.4, 0.5) is 5.69 Å². The van der Waals surface area contributed by atoms with Crippen LogP contribution in [0.5, 0.6) is 17.2 Å². The van der Waals surface area contributed by atoms with Gasteiger partial charge >= 0.3 is 16.1 Å². The molecule has 2 aromatic carbocycles. The van der Waals surface area contributed by atoms with Crippen LogP contribution in [0, 0.1) is 10.1 Å². The Bertz CT molecular complexity index is 936. The molecule has 0 aromatic heterocycles. The fourth-order valence-electron chi connectivity index (χ4n) is 1.92. The first kappa shape index (κ1) is 18.2. The highest BCUT2D eigenvalue weighted by molar-refractivity contribution is 7.86. The van der Waals surface area contributed by atoms with Crippen molar-refractivity contribution in [3.63, 3.8) is 0 Å². The lowest BCUT2D eigenvalue weighted by molar-refractivity contribution is -0.387. The number of carboxylic acids is 1. The van der Waals surface area contributed by atoms with Crippen molar-refractivity contribution < 1.29 is 37.3 Å². The Hall–Kier alpha value is -3.18. The Morgan fingerprint density at radius 3 is 2.16 bits per heavy atom. The van der Waals surface area contributed by atoms with E-state index in [0.717, 1.165) is 0 Å². The summed E-state index contributed by atoms with van der Waals surface area (Å²) in [4.78, 5) is 20.1. The third-order valence-electron chi connectivity index (χ3n) is 3.05. The highest BCUT2D eigenvalue weighted by Crippen LogP contribution is 2.35. The number of nitro groups is 1. The topological polar surface area (TPSA) is 153 Å². The zero-order chi connectivity index (χ0) is 18.8. The molecule has 0 unspecified atom stereocenters. The van der Waals surface area contributed by atoms with Gasteiger partial charge in [-0.1, -0.05) is 0 Å². The van der Waals surface area contributed by atoms with Crippen molar-refractivity contribution in [1.29, 1.82) is 0 Å². The number of carboxylic acid groups (broad SMARTS) is 1. The fourth-order valence-corrected chi connectivity index (χ4v) is 2.58. The summed E-state index contributed by atoms with van der Waals surface area (Å²) in [6.07, 6.45) is 0. The quantitative estimate of drug-likeness (QED) is 0.443. The van der Waals surface area contributed by atoms with Gasteiger partial charge in [0.25, 0.3) is 5.69 Å². The predicted molar refractivity (Wildman–Crippen MR) is 82.9 cm³/mol. The second-order valence-corrected chi connectivity index (χ2v) is 6.02. The summed E-state index contributed by atoms with van der Waals surface area (Å²) >= 11 is 0. The van der Waals surface area contributed by atoms with Gasteiger partial charge in [0.1, 0.15) is 22.8 Å². The summed E-state index contributed by atoms with van der Waals surface area (Å²) in [5.41, 5.74) is -1.73. The smallest absolute Gasteiger partial charge is 0.339 e. The number of carbonyl (C=O) groups is 1. The molecule has 0 atom stereocenters. The van der Waals surface area contributed by atoms with Crippen molar-refractivity contribution in [2.24, 2.45) is 0 Å². The van der Waals surface area contributed by atoms with Crippen LogP contribution < -0.4 is 9.47 Å². The summed E-state index contributed by atoms with van der Waals surface area (Å²) in [6, 6.07) is 6.93. The molecule has 0 fully saturated rings. The Kier molecular flexibility index (Phi) is 4.90. The Labute approximate surface area is 141 Å². The number of aromatic carboxylic acids is 1. The molecule has 0 spiro atoms. The van der Waals surface area contributed by atoms with Crippen LogP contribution in [0.15, 0.2) is 41.3 Å². The fraction of sp³-hybridized carbons (Fsp3) is 0.0714. The molecule has 2 N–H and O–H groups in total. The van der Waals surface area contributed by atoms with Gasteiger partial charge < -0.3 is 14.6 Å². The van der Waals surface area contributed by atoms with Crippen LogP contribution >= 0.6 is 0 Å². The van der Waals surface area contributed by atoms with E-state index >= 15 is 0 Å². The Balaban J connectivity index is 2.62. The molecular formula is C14H11NO9S. The van der Waals surface area contributed by atoms with Crippen molar-refractivity contribution in [3.8, 4) is 17.2 Å². The minimum atomic E-state index is -4.98. The van der Waals surface area contributed by atoms with Gasteiger partial charge in [-0.2, -0.15) is 8.42 Å². The number of nitro benzene ring substituents is 1. The largest absolute Gasteiger partial charge is 0.497 e. The van der Waals surface area contributed by atoms with E-state index in [1.165, 1.54) is 31.4 Å². The molecule has 0 amide bonds. The summed E-state index contributed by atoms with van der Waals surface area (Å²) < 4.78 is 42.1. The number of hydrogen-bond donors (Lipinski definition) is 2. The second-order valence-electron chi connectivity index (χ2n) is 4.63. The second kappa shape index (κ2) is 6.75. The third-order valence-corrected chi connectivity index (χ3v) is 3.94. The van der Waals surface area contributed by atoms with Crippen molar-refractivity contribution in [2.75, 3.05) is 7.11 Å². The van der Waals surface area contributed by atoms with E-state index < -0.39 is 42.9 Å². The van der Waals surface area contributed by atoms with E-state index in [-0.39, 0.29) is 5.75 Å². The zero-order valence-electron chi connectivity index (χ0n) is 12.6. The Morgan fingerprint density at radius 2 is 1.72 bits per heavy atom. The molecule has 0 bridgehead atoms. The average Bonchev–Trinajstić information content (AvgIpc) is 2.54. The van der Waals surface area contributed by atoms with Crippen molar-refractivity contribution in [1.82, 2.24) is 0 Å². The first-order valence-corrected chi connectivity index (χ1v) is 7.92. The molecule has 0 heterocycles. The minimum Gasteiger partial charge on any atom is -0.497 e. The minimum absolute atomic E-state index is 0.124. The van der Waals surface area contributed by atoms with Crippen LogP contribution in [-0.4, -0.2) is 36.1 Å². The molecular weight excluding hydrogens is 358 g/mol. The van der Waals surface area contributed by atoms with Crippen LogP contribution in [0.25, 0.3) is 0 Å². The van der Waals surface area contributed by atoms with Gasteiger partial charge in [0.05, 0.1) is 12.0 Å². The maximum atomic E-state index is 11.4. The normalized spacial score (nSPS) is 11.0. The van der Waals surface area contributed by atoms with Gasteiger partial charge in [-0.15, -0.1) is 0 Å². The lowest BCUT2D eigenvalue weighted by Gasteiger charge is -2.11. The molecule has 0 aliphatic heterocycles. The highest BCUT2D eigenvalue weighted by atomic mass is 32.2. The zero-order valence-corrected chi connectivity index (χ0v) is 13.4. The van der Waals surface area contributed by atoms with Crippen molar-refractivity contribution in [3.05, 3.63) is 52.1 Å². The molecule has 132 valence electrons. The molecule has 10 nitrogen and oxygen atoms in total. The highest BCUT2D eigenvalue weighted by Gasteiger charge is 2.29. The van der Waals surface area contributed by atoms with Crippen molar-refractivity contribution >= 4 is 21.8 Å². The Morgan fingerprint density at radius 1 is 1.16 bits per heavy atom. The first-order valence-electron chi connectivity index (χ1n) is 6.48. The van der Waals surface area contributed by atoms with Gasteiger partial charge in [-0.3, -0.25) is 14.7 Å². The number of hydrogen-bond acceptors (Lipinski definition) is 7. The van der Waals surface area contributed by atoms with E-state index in [4.69, 9.17) is 14.0 Å². The number of rotatable bonds is 6. The molecule has 2 rings (SSSR count). The van der Waals surface area contributed by atoms with Crippen LogP contribution in [0.2, 0.25) is 0 Å². The van der Waals surface area contributed by atoms with Crippen LogP contribution in [0.3, 0.4) is 0 Å². The molecule has 0 radical (unpaired) electrons. The number of benzene rings is 2. The van der Waals surface area contributed by atoms with Gasteiger partial charge in [-0.05, 0) is 24.3 Å². The number of nitrogens with zero attached hydrogens (tertiary/aromatic N) is 1. The monoisotopic (exact) mass is 369 g/mol. The van der Waals surface area contributed by atoms with Crippen LogP contribution in [0.1, 0.15) is 10.4 Å². The van der Waals surface area contributed by atoms with Crippen molar-refractivity contribution in [2.45, 2.75) is 4.90 Å². The summed E-state index contributed by atoms with van der Waals surface area (Å²) in [6.45, 7) is 0. The lowest BCUT2D eigenvalue weighted by Crippen LogP contribution is -2.08. The SMILES string of the molecule is COc1ccc(Oc2cc(S(=O)(=O)O)c([N+](=O)[O-])cc2C(=O)O)cc1. The van der Waals surface area contributed by atoms with Crippen LogP contribution in [-0.2, 0) is 10.1 Å². The van der Waals surface area contributed by atoms with E-state index in [2.05, 4.69) is 0 Å². The van der Waals surface area contributed by atoms with E-state index in [1.54, 1.807) is 0 Å². The van der Waals surface area contributed by atoms with E-state index in [9.17, 15) is 28.4 Å². The maximum Gasteiger partial charge on any atom is 0.339 e. The average molecular weight is 369 g/mol. The lowest BCUT2D eigenvalue weighted by atomic mass is 10.1. The molecule has 0 aliphatic carbocycles. The van der Waals surface area contributed by atoms with Gasteiger partial charge in [-0.25, -0.2) is 4.79 Å². The summed E-state index contributed by atoms with van der Waals surface area (Å²) in [5.74, 6) is -1.45. The van der Waals surface area contributed by atoms with Gasteiger partial charge in [0.2, 0.25) is 0 Å². The van der Waals surface area contributed by atoms with Gasteiger partial charge in [0.15, 0.2) is 4.90 Å². The molecule has 25 heavy (non-hydrogen) atoms. The molecule has 0 aliphatic rings. The predicted octanol–water partition coefficient (Wildman–Crippen LogP) is 2.34. The number of methoxy groups -OCH3 is 1. The third kappa shape index (κ3) is 4.02. The van der Waals surface area contributed by atoms with E-state index in [0.29, 0.717) is 17.9 Å². The first-order chi connectivity index (χ1) is 11.6. The van der Waals surface area contributed by atoms with E-state index in [1.807, 2.05) is 0 Å². The molecule has 0 saturated carbocycles. The number of ether oxygens (including phenoxy) is 2. The maximum absolute atomic E-state index is 11.4. The summed E-state index contributed by atoms with van der Waals surface area (Å²) in [5, 5.41) is 20.2. The summed E-state index contributed by atoms with van der Waals surface area (Å²) in [7, 11) is -3.54.